The fourth-order valence-corrected chi connectivity index (χ4v) is 3.91. The average molecular weight is 473 g/mol. The van der Waals surface area contributed by atoms with Crippen LogP contribution in [0.4, 0.5) is 4.39 Å². The van der Waals surface area contributed by atoms with E-state index in [0.717, 1.165) is 12.8 Å². The predicted octanol–water partition coefficient (Wildman–Crippen LogP) is 3.23. The third kappa shape index (κ3) is 7.95. The second kappa shape index (κ2) is 11.1. The van der Waals surface area contributed by atoms with Gasteiger partial charge >= 0.3 is 0 Å². The molecular weight excluding hydrogens is 451 g/mol. The summed E-state index contributed by atoms with van der Waals surface area (Å²) in [6, 6.07) is 12.1. The number of amides is 1. The number of carbonyl (C=O) groups excluding carboxylic acids is 1. The SMILES string of the molecule is O=C(CCNS(=O)(=O)c1cccc(Br)c1)NCCCCOc1ccc(F)cc1. The molecule has 0 saturated carbocycles. The van der Waals surface area contributed by atoms with E-state index in [1.165, 1.54) is 24.3 Å². The fourth-order valence-electron chi connectivity index (χ4n) is 2.28. The Balaban J connectivity index is 1.57. The van der Waals surface area contributed by atoms with Crippen molar-refractivity contribution in [3.63, 3.8) is 0 Å². The molecule has 0 aliphatic heterocycles. The zero-order valence-corrected chi connectivity index (χ0v) is 17.6. The zero-order chi connectivity index (χ0) is 20.4. The van der Waals surface area contributed by atoms with Gasteiger partial charge in [-0.2, -0.15) is 0 Å². The quantitative estimate of drug-likeness (QED) is 0.491. The number of hydrogen-bond donors (Lipinski definition) is 2. The van der Waals surface area contributed by atoms with Crippen LogP contribution in [0, 0.1) is 5.82 Å². The molecule has 0 saturated heterocycles. The van der Waals surface area contributed by atoms with Crippen molar-refractivity contribution in [2.75, 3.05) is 19.7 Å². The topological polar surface area (TPSA) is 84.5 Å². The lowest BCUT2D eigenvalue weighted by atomic mass is 10.3. The van der Waals surface area contributed by atoms with E-state index < -0.39 is 10.0 Å². The third-order valence-corrected chi connectivity index (χ3v) is 5.68. The van der Waals surface area contributed by atoms with Crippen molar-refractivity contribution >= 4 is 31.9 Å². The Bertz CT molecular complexity index is 876. The minimum Gasteiger partial charge on any atom is -0.494 e. The molecule has 2 aromatic carbocycles. The third-order valence-electron chi connectivity index (χ3n) is 3.73. The van der Waals surface area contributed by atoms with Crippen LogP contribution < -0.4 is 14.8 Å². The smallest absolute Gasteiger partial charge is 0.240 e. The number of rotatable bonds is 11. The summed E-state index contributed by atoms with van der Waals surface area (Å²) < 4.78 is 45.6. The van der Waals surface area contributed by atoms with Gasteiger partial charge < -0.3 is 10.1 Å². The first-order valence-corrected chi connectivity index (χ1v) is 11.0. The number of ether oxygens (including phenoxy) is 1. The van der Waals surface area contributed by atoms with E-state index in [4.69, 9.17) is 4.74 Å². The minimum absolute atomic E-state index is 0.0222. The molecule has 0 spiro atoms. The van der Waals surface area contributed by atoms with Crippen LogP contribution in [0.15, 0.2) is 57.9 Å². The largest absolute Gasteiger partial charge is 0.494 e. The van der Waals surface area contributed by atoms with E-state index in [1.807, 2.05) is 0 Å². The summed E-state index contributed by atoms with van der Waals surface area (Å²) in [6.07, 6.45) is 1.50. The molecule has 9 heteroatoms. The molecule has 0 atom stereocenters. The minimum atomic E-state index is -3.64. The van der Waals surface area contributed by atoms with Crippen LogP contribution in [-0.4, -0.2) is 34.0 Å². The van der Waals surface area contributed by atoms with Gasteiger partial charge in [-0.1, -0.05) is 22.0 Å². The summed E-state index contributed by atoms with van der Waals surface area (Å²) >= 11 is 3.23. The molecule has 0 aliphatic rings. The molecule has 2 N–H and O–H groups in total. The highest BCUT2D eigenvalue weighted by Crippen LogP contribution is 2.15. The fraction of sp³-hybridized carbons (Fsp3) is 0.316. The Labute approximate surface area is 172 Å². The number of halogens is 2. The highest BCUT2D eigenvalue weighted by Gasteiger charge is 2.14. The van der Waals surface area contributed by atoms with Crippen molar-refractivity contribution in [3.05, 3.63) is 58.8 Å². The lowest BCUT2D eigenvalue weighted by Gasteiger charge is -2.08. The summed E-state index contributed by atoms with van der Waals surface area (Å²) in [7, 11) is -3.64. The van der Waals surface area contributed by atoms with E-state index in [1.54, 1.807) is 24.3 Å². The van der Waals surface area contributed by atoms with Gasteiger partial charge in [0.1, 0.15) is 11.6 Å². The van der Waals surface area contributed by atoms with Crippen LogP contribution in [-0.2, 0) is 14.8 Å². The van der Waals surface area contributed by atoms with Gasteiger partial charge in [-0.25, -0.2) is 17.5 Å². The Morgan fingerprint density at radius 2 is 1.82 bits per heavy atom. The Kier molecular flexibility index (Phi) is 8.88. The van der Waals surface area contributed by atoms with E-state index in [-0.39, 0.29) is 29.6 Å². The van der Waals surface area contributed by atoms with Crippen LogP contribution >= 0.6 is 15.9 Å². The number of unbranched alkanes of at least 4 members (excludes halogenated alkanes) is 1. The summed E-state index contributed by atoms with van der Waals surface area (Å²) in [5, 5.41) is 2.74. The maximum atomic E-state index is 12.8. The molecule has 1 amide bonds. The average Bonchev–Trinajstić information content (AvgIpc) is 2.66. The van der Waals surface area contributed by atoms with E-state index in [9.17, 15) is 17.6 Å². The molecule has 0 unspecified atom stereocenters. The standard InChI is InChI=1S/C19H22BrFN2O4S/c20-15-4-3-5-18(14-15)28(25,26)23-12-10-19(24)22-11-1-2-13-27-17-8-6-16(21)7-9-17/h3-9,14,23H,1-2,10-13H2,(H,22,24). The number of sulfonamides is 1. The molecule has 0 aliphatic carbocycles. The first kappa shape index (κ1) is 22.3. The normalized spacial score (nSPS) is 11.2. The molecule has 6 nitrogen and oxygen atoms in total. The number of carbonyl (C=O) groups is 1. The van der Waals surface area contributed by atoms with Crippen molar-refractivity contribution in [1.82, 2.24) is 10.0 Å². The summed E-state index contributed by atoms with van der Waals surface area (Å²) in [5.41, 5.74) is 0. The second-order valence-electron chi connectivity index (χ2n) is 5.96. The molecular formula is C19H22BrFN2O4S. The van der Waals surface area contributed by atoms with Gasteiger partial charge in [0.15, 0.2) is 0 Å². The van der Waals surface area contributed by atoms with Crippen molar-refractivity contribution in [2.45, 2.75) is 24.2 Å². The Morgan fingerprint density at radius 3 is 2.54 bits per heavy atom. The summed E-state index contributed by atoms with van der Waals surface area (Å²) in [4.78, 5) is 11.9. The Hall–Kier alpha value is -1.97. The van der Waals surface area contributed by atoms with Gasteiger partial charge in [0.2, 0.25) is 15.9 Å². The first-order chi connectivity index (χ1) is 13.4. The highest BCUT2D eigenvalue weighted by atomic mass is 79.9. The Morgan fingerprint density at radius 1 is 1.07 bits per heavy atom. The van der Waals surface area contributed by atoms with Crippen molar-refractivity contribution in [2.24, 2.45) is 0 Å². The predicted molar refractivity (Wildman–Crippen MR) is 108 cm³/mol. The van der Waals surface area contributed by atoms with Crippen LogP contribution in [0.5, 0.6) is 5.75 Å². The number of hydrogen-bond acceptors (Lipinski definition) is 4. The molecule has 0 radical (unpaired) electrons. The lowest BCUT2D eigenvalue weighted by Crippen LogP contribution is -2.31. The van der Waals surface area contributed by atoms with Crippen LogP contribution in [0.25, 0.3) is 0 Å². The van der Waals surface area contributed by atoms with Gasteiger partial charge in [-0.15, -0.1) is 0 Å². The molecule has 0 heterocycles. The maximum Gasteiger partial charge on any atom is 0.240 e. The van der Waals surface area contributed by atoms with Crippen molar-refractivity contribution in [3.8, 4) is 5.75 Å². The second-order valence-corrected chi connectivity index (χ2v) is 8.65. The number of nitrogens with one attached hydrogen (secondary N) is 2. The van der Waals surface area contributed by atoms with E-state index in [0.29, 0.717) is 23.4 Å². The zero-order valence-electron chi connectivity index (χ0n) is 15.2. The van der Waals surface area contributed by atoms with Gasteiger partial charge in [0.05, 0.1) is 11.5 Å². The summed E-state index contributed by atoms with van der Waals surface area (Å²) in [5.74, 6) is 0.0635. The molecule has 2 aromatic rings. The molecule has 0 bridgehead atoms. The summed E-state index contributed by atoms with van der Waals surface area (Å²) in [6.45, 7) is 0.965. The monoisotopic (exact) mass is 472 g/mol. The number of benzene rings is 2. The van der Waals surface area contributed by atoms with Gasteiger partial charge in [-0.3, -0.25) is 4.79 Å². The molecule has 28 heavy (non-hydrogen) atoms. The van der Waals surface area contributed by atoms with Crippen molar-refractivity contribution < 1.29 is 22.3 Å². The molecule has 2 rings (SSSR count). The van der Waals surface area contributed by atoms with Crippen LogP contribution in [0.3, 0.4) is 0 Å². The molecule has 0 aromatic heterocycles. The van der Waals surface area contributed by atoms with Gasteiger partial charge in [0, 0.05) is 24.0 Å². The van der Waals surface area contributed by atoms with Gasteiger partial charge in [0.25, 0.3) is 0 Å². The van der Waals surface area contributed by atoms with Crippen LogP contribution in [0.1, 0.15) is 19.3 Å². The molecule has 152 valence electrons. The van der Waals surface area contributed by atoms with Crippen molar-refractivity contribution in [1.29, 1.82) is 0 Å². The van der Waals surface area contributed by atoms with Gasteiger partial charge in [-0.05, 0) is 55.3 Å². The lowest BCUT2D eigenvalue weighted by molar-refractivity contribution is -0.120. The maximum absolute atomic E-state index is 12.8. The van der Waals surface area contributed by atoms with Crippen LogP contribution in [0.2, 0.25) is 0 Å². The van der Waals surface area contributed by atoms with E-state index in [2.05, 4.69) is 26.0 Å². The van der Waals surface area contributed by atoms with E-state index >= 15 is 0 Å². The highest BCUT2D eigenvalue weighted by molar-refractivity contribution is 9.10. The first-order valence-electron chi connectivity index (χ1n) is 8.77. The molecule has 0 fully saturated rings.